The lowest BCUT2D eigenvalue weighted by Gasteiger charge is -2.13. The van der Waals surface area contributed by atoms with Gasteiger partial charge < -0.3 is 23.9 Å². The number of nitrogens with zero attached hydrogens (tertiary/aromatic N) is 2. The molecule has 0 aliphatic rings. The Balaban J connectivity index is 1.73. The van der Waals surface area contributed by atoms with Crippen molar-refractivity contribution in [3.63, 3.8) is 0 Å². The molecule has 0 aliphatic heterocycles. The summed E-state index contributed by atoms with van der Waals surface area (Å²) in [6, 6.07) is 6.76. The van der Waals surface area contributed by atoms with E-state index < -0.39 is 0 Å². The van der Waals surface area contributed by atoms with Crippen molar-refractivity contribution in [2.24, 2.45) is 0 Å². The SMILES string of the molecule is COc1cc(NC(=O)COc2cccn3cc(C)nc23)c(OC)cc1Cl. The number of carbonyl (C=O) groups excluding carboxylic acids is 1. The van der Waals surface area contributed by atoms with E-state index >= 15 is 0 Å². The molecule has 2 heterocycles. The minimum absolute atomic E-state index is 0.181. The maximum absolute atomic E-state index is 12.3. The van der Waals surface area contributed by atoms with Crippen molar-refractivity contribution in [3.05, 3.63) is 47.4 Å². The van der Waals surface area contributed by atoms with Crippen LogP contribution in [0.15, 0.2) is 36.7 Å². The number of fused-ring (bicyclic) bond motifs is 1. The molecule has 7 nitrogen and oxygen atoms in total. The number of ether oxygens (including phenoxy) is 3. The van der Waals surface area contributed by atoms with Gasteiger partial charge in [0.2, 0.25) is 0 Å². The third kappa shape index (κ3) is 3.67. The molecule has 0 saturated heterocycles. The lowest BCUT2D eigenvalue weighted by atomic mass is 10.2. The van der Waals surface area contributed by atoms with Crippen LogP contribution in [0.2, 0.25) is 5.02 Å². The minimum atomic E-state index is -0.349. The number of methoxy groups -OCH3 is 2. The number of imidazole rings is 1. The topological polar surface area (TPSA) is 74.1 Å². The number of benzene rings is 1. The van der Waals surface area contributed by atoms with Gasteiger partial charge in [-0.15, -0.1) is 0 Å². The molecular weight excluding hydrogens is 358 g/mol. The fourth-order valence-corrected chi connectivity index (χ4v) is 2.74. The lowest BCUT2D eigenvalue weighted by molar-refractivity contribution is -0.118. The molecule has 136 valence electrons. The average Bonchev–Trinajstić information content (AvgIpc) is 3.01. The van der Waals surface area contributed by atoms with E-state index in [-0.39, 0.29) is 12.5 Å². The van der Waals surface area contributed by atoms with Gasteiger partial charge in [0.1, 0.15) is 11.5 Å². The molecule has 8 heteroatoms. The first kappa shape index (κ1) is 17.9. The largest absolute Gasteiger partial charge is 0.495 e. The number of aryl methyl sites for hydroxylation is 1. The molecule has 3 rings (SSSR count). The molecule has 0 saturated carbocycles. The zero-order valence-electron chi connectivity index (χ0n) is 14.6. The number of pyridine rings is 1. The van der Waals surface area contributed by atoms with E-state index in [1.165, 1.54) is 14.2 Å². The van der Waals surface area contributed by atoms with Crippen molar-refractivity contribution in [1.82, 2.24) is 9.38 Å². The van der Waals surface area contributed by atoms with Crippen LogP contribution in [-0.2, 0) is 4.79 Å². The van der Waals surface area contributed by atoms with Gasteiger partial charge in [-0.3, -0.25) is 4.79 Å². The van der Waals surface area contributed by atoms with E-state index in [1.54, 1.807) is 18.2 Å². The fourth-order valence-electron chi connectivity index (χ4n) is 2.51. The Labute approximate surface area is 155 Å². The van der Waals surface area contributed by atoms with Gasteiger partial charge in [0.05, 0.1) is 30.6 Å². The van der Waals surface area contributed by atoms with Gasteiger partial charge in [0.15, 0.2) is 18.0 Å². The van der Waals surface area contributed by atoms with Crippen LogP contribution in [0.25, 0.3) is 5.65 Å². The van der Waals surface area contributed by atoms with E-state index in [9.17, 15) is 4.79 Å². The lowest BCUT2D eigenvalue weighted by Crippen LogP contribution is -2.20. The third-order valence-corrected chi connectivity index (χ3v) is 3.97. The Morgan fingerprint density at radius 3 is 2.73 bits per heavy atom. The first-order valence-corrected chi connectivity index (χ1v) is 8.18. The quantitative estimate of drug-likeness (QED) is 0.715. The van der Waals surface area contributed by atoms with Crippen LogP contribution in [0.1, 0.15) is 5.69 Å². The smallest absolute Gasteiger partial charge is 0.262 e. The zero-order valence-corrected chi connectivity index (χ0v) is 15.3. The molecule has 0 radical (unpaired) electrons. The zero-order chi connectivity index (χ0) is 18.7. The Kier molecular flexibility index (Phi) is 5.18. The van der Waals surface area contributed by atoms with E-state index in [4.69, 9.17) is 25.8 Å². The number of carbonyl (C=O) groups is 1. The second-order valence-electron chi connectivity index (χ2n) is 5.51. The molecule has 1 N–H and O–H groups in total. The molecule has 0 bridgehead atoms. The van der Waals surface area contributed by atoms with Crippen molar-refractivity contribution in [3.8, 4) is 17.2 Å². The molecule has 26 heavy (non-hydrogen) atoms. The van der Waals surface area contributed by atoms with Crippen LogP contribution in [-0.4, -0.2) is 36.1 Å². The maximum Gasteiger partial charge on any atom is 0.262 e. The normalized spacial score (nSPS) is 10.6. The second kappa shape index (κ2) is 7.53. The summed E-state index contributed by atoms with van der Waals surface area (Å²) < 4.78 is 17.9. The summed E-state index contributed by atoms with van der Waals surface area (Å²) in [6.45, 7) is 1.71. The predicted octanol–water partition coefficient (Wildman–Crippen LogP) is 3.33. The van der Waals surface area contributed by atoms with Gasteiger partial charge in [0.25, 0.3) is 5.91 Å². The van der Waals surface area contributed by atoms with E-state index in [0.717, 1.165) is 5.69 Å². The Morgan fingerprint density at radius 2 is 2.00 bits per heavy atom. The van der Waals surface area contributed by atoms with Crippen LogP contribution in [0, 0.1) is 6.92 Å². The number of rotatable bonds is 6. The summed E-state index contributed by atoms with van der Waals surface area (Å²) in [5.41, 5.74) is 1.96. The van der Waals surface area contributed by atoms with Crippen LogP contribution in [0.5, 0.6) is 17.2 Å². The number of anilines is 1. The van der Waals surface area contributed by atoms with Gasteiger partial charge in [-0.05, 0) is 19.1 Å². The molecule has 0 fully saturated rings. The minimum Gasteiger partial charge on any atom is -0.495 e. The van der Waals surface area contributed by atoms with Gasteiger partial charge >= 0.3 is 0 Å². The van der Waals surface area contributed by atoms with Gasteiger partial charge in [-0.2, -0.15) is 0 Å². The van der Waals surface area contributed by atoms with Crippen molar-refractivity contribution < 1.29 is 19.0 Å². The molecule has 1 aromatic carbocycles. The highest BCUT2D eigenvalue weighted by Gasteiger charge is 2.14. The van der Waals surface area contributed by atoms with Crippen molar-refractivity contribution in [2.75, 3.05) is 26.1 Å². The molecule has 0 spiro atoms. The summed E-state index contributed by atoms with van der Waals surface area (Å²) in [4.78, 5) is 16.7. The van der Waals surface area contributed by atoms with E-state index in [0.29, 0.717) is 33.6 Å². The molecule has 3 aromatic rings. The van der Waals surface area contributed by atoms with Crippen LogP contribution in [0.4, 0.5) is 5.69 Å². The van der Waals surface area contributed by atoms with Crippen LogP contribution in [0.3, 0.4) is 0 Å². The number of halogens is 1. The van der Waals surface area contributed by atoms with Crippen LogP contribution < -0.4 is 19.5 Å². The highest BCUT2D eigenvalue weighted by atomic mass is 35.5. The maximum atomic E-state index is 12.3. The molecule has 1 amide bonds. The summed E-state index contributed by atoms with van der Waals surface area (Å²) in [7, 11) is 2.99. The van der Waals surface area contributed by atoms with Gasteiger partial charge in [0, 0.05) is 24.5 Å². The highest BCUT2D eigenvalue weighted by molar-refractivity contribution is 6.32. The molecule has 2 aromatic heterocycles. The standard InChI is InChI=1S/C18H18ClN3O4/c1-11-9-22-6-4-5-14(18(22)20-11)26-10-17(23)21-13-8-15(24-2)12(19)7-16(13)25-3/h4-9H,10H2,1-3H3,(H,21,23). The second-order valence-corrected chi connectivity index (χ2v) is 5.92. The summed E-state index contributed by atoms with van der Waals surface area (Å²) in [5.74, 6) is 1.03. The molecule has 0 unspecified atom stereocenters. The van der Waals surface area contributed by atoms with E-state index in [2.05, 4.69) is 10.3 Å². The fraction of sp³-hybridized carbons (Fsp3) is 0.222. The van der Waals surface area contributed by atoms with Gasteiger partial charge in [-0.25, -0.2) is 4.98 Å². The third-order valence-electron chi connectivity index (χ3n) is 3.67. The molecule has 0 atom stereocenters. The first-order chi connectivity index (χ1) is 12.5. The summed E-state index contributed by atoms with van der Waals surface area (Å²) >= 11 is 6.06. The van der Waals surface area contributed by atoms with Crippen molar-refractivity contribution in [1.29, 1.82) is 0 Å². The number of hydrogen-bond donors (Lipinski definition) is 1. The summed E-state index contributed by atoms with van der Waals surface area (Å²) in [6.07, 6.45) is 3.75. The average molecular weight is 376 g/mol. The Bertz CT molecular complexity index is 955. The molecular formula is C18H18ClN3O4. The monoisotopic (exact) mass is 375 g/mol. The summed E-state index contributed by atoms with van der Waals surface area (Å²) in [5, 5.41) is 3.12. The highest BCUT2D eigenvalue weighted by Crippen LogP contribution is 2.35. The Hall–Kier alpha value is -2.93. The Morgan fingerprint density at radius 1 is 1.23 bits per heavy atom. The number of amides is 1. The number of aromatic nitrogens is 2. The first-order valence-electron chi connectivity index (χ1n) is 7.80. The predicted molar refractivity (Wildman–Crippen MR) is 98.6 cm³/mol. The molecule has 0 aliphatic carbocycles. The van der Waals surface area contributed by atoms with Gasteiger partial charge in [-0.1, -0.05) is 11.6 Å². The van der Waals surface area contributed by atoms with Crippen LogP contribution >= 0.6 is 11.6 Å². The van der Waals surface area contributed by atoms with Crippen molar-refractivity contribution >= 4 is 28.8 Å². The van der Waals surface area contributed by atoms with E-state index in [1.807, 2.05) is 29.8 Å². The number of hydrogen-bond acceptors (Lipinski definition) is 5. The number of nitrogens with one attached hydrogen (secondary N) is 1. The van der Waals surface area contributed by atoms with Crippen molar-refractivity contribution in [2.45, 2.75) is 6.92 Å².